The van der Waals surface area contributed by atoms with Gasteiger partial charge >= 0.3 is 0 Å². The highest BCUT2D eigenvalue weighted by molar-refractivity contribution is 7.18. The summed E-state index contributed by atoms with van der Waals surface area (Å²) in [6, 6.07) is 0. The van der Waals surface area contributed by atoms with Crippen molar-refractivity contribution in [1.29, 1.82) is 0 Å². The molecule has 1 aromatic rings. The number of carbonyl (C=O) groups is 1. The highest BCUT2D eigenvalue weighted by Crippen LogP contribution is 2.29. The van der Waals surface area contributed by atoms with Crippen molar-refractivity contribution >= 4 is 28.2 Å². The van der Waals surface area contributed by atoms with Gasteiger partial charge in [-0.1, -0.05) is 17.3 Å². The molecule has 0 unspecified atom stereocenters. The van der Waals surface area contributed by atoms with Crippen molar-refractivity contribution in [2.24, 2.45) is 0 Å². The quantitative estimate of drug-likeness (QED) is 0.777. The smallest absolute Gasteiger partial charge is 0.268 e. The van der Waals surface area contributed by atoms with E-state index in [9.17, 15) is 4.79 Å². The van der Waals surface area contributed by atoms with Gasteiger partial charge < -0.3 is 20.9 Å². The summed E-state index contributed by atoms with van der Waals surface area (Å²) in [6.45, 7) is 6.33. The second-order valence-electron chi connectivity index (χ2n) is 4.47. The van der Waals surface area contributed by atoms with Gasteiger partial charge in [0, 0.05) is 32.7 Å². The summed E-state index contributed by atoms with van der Waals surface area (Å²) in [4.78, 5) is 20.9. The zero-order valence-corrected chi connectivity index (χ0v) is 12.4. The Kier molecular flexibility index (Phi) is 4.82. The minimum absolute atomic E-state index is 0.137. The molecule has 0 bridgehead atoms. The molecule has 6 nitrogen and oxygen atoms in total. The highest BCUT2D eigenvalue weighted by atomic mass is 32.1. The molecule has 1 fully saturated rings. The number of nitrogens with two attached hydrogens (primary N) is 1. The minimum Gasteiger partial charge on any atom is -0.382 e. The van der Waals surface area contributed by atoms with E-state index in [1.165, 1.54) is 11.3 Å². The van der Waals surface area contributed by atoms with Crippen molar-refractivity contribution in [3.8, 4) is 12.3 Å². The molecular formula is C13H19N5OS. The molecule has 108 valence electrons. The van der Waals surface area contributed by atoms with Crippen LogP contribution in [0.1, 0.15) is 16.6 Å². The summed E-state index contributed by atoms with van der Waals surface area (Å²) >= 11 is 1.35. The average Bonchev–Trinajstić information content (AvgIpc) is 2.87. The first-order valence-electron chi connectivity index (χ1n) is 6.62. The molecule has 0 spiro atoms. The number of hydrogen-bond acceptors (Lipinski definition) is 6. The Morgan fingerprint density at radius 1 is 1.60 bits per heavy atom. The van der Waals surface area contributed by atoms with E-state index in [1.807, 2.05) is 6.92 Å². The molecule has 1 aliphatic heterocycles. The summed E-state index contributed by atoms with van der Waals surface area (Å²) in [5, 5.41) is 4.09. The van der Waals surface area contributed by atoms with Crippen molar-refractivity contribution in [1.82, 2.24) is 15.2 Å². The average molecular weight is 293 g/mol. The second-order valence-corrected chi connectivity index (χ2v) is 5.45. The number of piperazine rings is 1. The number of rotatable bonds is 4. The van der Waals surface area contributed by atoms with E-state index in [4.69, 9.17) is 12.2 Å². The Balaban J connectivity index is 2.18. The first-order chi connectivity index (χ1) is 9.67. The number of anilines is 2. The lowest BCUT2D eigenvalue weighted by Gasteiger charge is -2.26. The van der Waals surface area contributed by atoms with Gasteiger partial charge in [0.15, 0.2) is 5.13 Å². The second kappa shape index (κ2) is 6.59. The molecule has 0 atom stereocenters. The van der Waals surface area contributed by atoms with Crippen molar-refractivity contribution in [2.75, 3.05) is 49.9 Å². The lowest BCUT2D eigenvalue weighted by atomic mass is 10.4. The van der Waals surface area contributed by atoms with E-state index < -0.39 is 0 Å². The van der Waals surface area contributed by atoms with Crippen LogP contribution < -0.4 is 16.0 Å². The fraction of sp³-hybridized carbons (Fsp3) is 0.538. The van der Waals surface area contributed by atoms with Gasteiger partial charge in [-0.25, -0.2) is 4.98 Å². The van der Waals surface area contributed by atoms with Crippen LogP contribution in [0.25, 0.3) is 0 Å². The molecule has 1 amide bonds. The summed E-state index contributed by atoms with van der Waals surface area (Å²) in [7, 11) is 0. The third kappa shape index (κ3) is 3.03. The molecule has 0 aliphatic carbocycles. The van der Waals surface area contributed by atoms with E-state index in [2.05, 4.69) is 21.1 Å². The largest absolute Gasteiger partial charge is 0.382 e. The third-order valence-electron chi connectivity index (χ3n) is 3.17. The molecule has 0 radical (unpaired) electrons. The maximum atomic E-state index is 12.4. The van der Waals surface area contributed by atoms with Gasteiger partial charge in [-0.2, -0.15) is 0 Å². The summed E-state index contributed by atoms with van der Waals surface area (Å²) in [5.41, 5.74) is 5.90. The van der Waals surface area contributed by atoms with E-state index in [0.717, 1.165) is 31.3 Å². The Labute approximate surface area is 123 Å². The van der Waals surface area contributed by atoms with Gasteiger partial charge in [-0.05, 0) is 6.92 Å². The predicted molar refractivity (Wildman–Crippen MR) is 82.0 cm³/mol. The van der Waals surface area contributed by atoms with Crippen LogP contribution in [-0.4, -0.2) is 55.1 Å². The van der Waals surface area contributed by atoms with Gasteiger partial charge in [0.1, 0.15) is 10.7 Å². The van der Waals surface area contributed by atoms with E-state index in [1.54, 1.807) is 4.90 Å². The number of nitrogens with one attached hydrogen (secondary N) is 1. The third-order valence-corrected chi connectivity index (χ3v) is 4.29. The minimum atomic E-state index is -0.137. The number of thiazole rings is 1. The number of hydrogen-bond donors (Lipinski definition) is 2. The van der Waals surface area contributed by atoms with Crippen LogP contribution in [0.3, 0.4) is 0 Å². The fourth-order valence-corrected chi connectivity index (χ4v) is 3.05. The maximum Gasteiger partial charge on any atom is 0.268 e. The molecule has 0 saturated carbocycles. The van der Waals surface area contributed by atoms with Gasteiger partial charge in [-0.15, -0.1) is 6.42 Å². The summed E-state index contributed by atoms with van der Waals surface area (Å²) in [5.74, 6) is 2.65. The Morgan fingerprint density at radius 2 is 2.30 bits per heavy atom. The number of terminal acetylenes is 1. The van der Waals surface area contributed by atoms with E-state index in [-0.39, 0.29) is 12.5 Å². The molecular weight excluding hydrogens is 274 g/mol. The molecule has 2 rings (SSSR count). The lowest BCUT2D eigenvalue weighted by Crippen LogP contribution is -2.43. The zero-order chi connectivity index (χ0) is 14.5. The van der Waals surface area contributed by atoms with Gasteiger partial charge in [0.25, 0.3) is 5.91 Å². The maximum absolute atomic E-state index is 12.4. The van der Waals surface area contributed by atoms with E-state index in [0.29, 0.717) is 17.2 Å². The zero-order valence-electron chi connectivity index (χ0n) is 11.6. The molecule has 1 aliphatic rings. The summed E-state index contributed by atoms with van der Waals surface area (Å²) < 4.78 is 0. The number of nitrogen functional groups attached to an aromatic ring is 1. The fourth-order valence-electron chi connectivity index (χ4n) is 2.05. The Bertz CT molecular complexity index is 515. The van der Waals surface area contributed by atoms with E-state index >= 15 is 0 Å². The van der Waals surface area contributed by atoms with Gasteiger partial charge in [0.2, 0.25) is 0 Å². The monoisotopic (exact) mass is 293 g/mol. The first-order valence-corrected chi connectivity index (χ1v) is 7.43. The molecule has 2 heterocycles. The lowest BCUT2D eigenvalue weighted by molar-refractivity contribution is 0.0790. The number of carbonyl (C=O) groups excluding carboxylic acids is 1. The standard InChI is InChI=1S/C13H19N5OS/c1-3-7-17(4-2)12(19)10-11(14)16-13(20-10)18-8-5-15-6-9-18/h1,15H,4-9,14H2,2H3. The molecule has 7 heteroatoms. The van der Waals surface area contributed by atoms with Crippen LogP contribution in [0.4, 0.5) is 10.9 Å². The van der Waals surface area contributed by atoms with Crippen LogP contribution in [0, 0.1) is 12.3 Å². The van der Waals surface area contributed by atoms with Crippen molar-refractivity contribution in [3.05, 3.63) is 4.88 Å². The van der Waals surface area contributed by atoms with Crippen LogP contribution in [-0.2, 0) is 0 Å². The number of nitrogens with zero attached hydrogens (tertiary/aromatic N) is 3. The van der Waals surface area contributed by atoms with Gasteiger partial charge in [-0.3, -0.25) is 4.79 Å². The summed E-state index contributed by atoms with van der Waals surface area (Å²) in [6.07, 6.45) is 5.28. The number of aromatic nitrogens is 1. The van der Waals surface area contributed by atoms with Crippen LogP contribution >= 0.6 is 11.3 Å². The molecule has 1 aromatic heterocycles. The Hall–Kier alpha value is -1.78. The highest BCUT2D eigenvalue weighted by Gasteiger charge is 2.23. The molecule has 1 saturated heterocycles. The van der Waals surface area contributed by atoms with Crippen LogP contribution in [0.5, 0.6) is 0 Å². The topological polar surface area (TPSA) is 74.5 Å². The first kappa shape index (κ1) is 14.6. The molecule has 20 heavy (non-hydrogen) atoms. The number of amides is 1. The van der Waals surface area contributed by atoms with Crippen LogP contribution in [0.15, 0.2) is 0 Å². The predicted octanol–water partition coefficient (Wildman–Crippen LogP) is 0.230. The van der Waals surface area contributed by atoms with Crippen LogP contribution in [0.2, 0.25) is 0 Å². The Morgan fingerprint density at radius 3 is 2.90 bits per heavy atom. The molecule has 0 aromatic carbocycles. The van der Waals surface area contributed by atoms with Gasteiger partial charge in [0.05, 0.1) is 6.54 Å². The van der Waals surface area contributed by atoms with Crippen molar-refractivity contribution < 1.29 is 4.79 Å². The molecule has 3 N–H and O–H groups in total. The normalized spacial score (nSPS) is 14.9. The van der Waals surface area contributed by atoms with Crippen molar-refractivity contribution in [3.63, 3.8) is 0 Å². The SMILES string of the molecule is C#CCN(CC)C(=O)c1sc(N2CCNCC2)nc1N. The van der Waals surface area contributed by atoms with Crippen molar-refractivity contribution in [2.45, 2.75) is 6.92 Å².